The molecule has 8 heteroatoms. The van der Waals surface area contributed by atoms with Crippen LogP contribution >= 0.6 is 0 Å². The first-order chi connectivity index (χ1) is 22.8. The Morgan fingerprint density at radius 3 is 2.09 bits per heavy atom. The van der Waals surface area contributed by atoms with E-state index in [1.165, 1.54) is 11.8 Å². The normalized spacial score (nSPS) is 15.5. The van der Waals surface area contributed by atoms with Crippen LogP contribution in [-0.4, -0.2) is 30.9 Å². The molecule has 5 aromatic rings. The fourth-order valence-electron chi connectivity index (χ4n) is 6.59. The Balaban J connectivity index is 1.49. The van der Waals surface area contributed by atoms with Crippen molar-refractivity contribution in [2.45, 2.75) is 26.4 Å². The number of esters is 1. The number of ether oxygens (including phenoxy) is 2. The Bertz CT molecular complexity index is 2020. The van der Waals surface area contributed by atoms with Crippen molar-refractivity contribution in [3.8, 4) is 11.5 Å². The zero-order valence-electron chi connectivity index (χ0n) is 26.3. The lowest BCUT2D eigenvalue weighted by Gasteiger charge is -2.38. The Morgan fingerprint density at radius 1 is 0.723 bits per heavy atom. The number of benzene rings is 5. The van der Waals surface area contributed by atoms with Crippen molar-refractivity contribution >= 4 is 40.5 Å². The summed E-state index contributed by atoms with van der Waals surface area (Å²) in [5.41, 5.74) is 3.56. The lowest BCUT2D eigenvalue weighted by Crippen LogP contribution is -2.35. The molecule has 1 atom stereocenters. The monoisotopic (exact) mass is 623 g/mol. The second kappa shape index (κ2) is 11.8. The van der Waals surface area contributed by atoms with Crippen molar-refractivity contribution in [1.82, 2.24) is 0 Å². The highest BCUT2D eigenvalue weighted by molar-refractivity contribution is 6.12. The van der Waals surface area contributed by atoms with E-state index >= 15 is 0 Å². The molecule has 1 N–H and O–H groups in total. The Labute approximate surface area is 273 Å². The summed E-state index contributed by atoms with van der Waals surface area (Å²) >= 11 is 0. The number of ketones is 1. The van der Waals surface area contributed by atoms with Gasteiger partial charge in [0.2, 0.25) is 0 Å². The van der Waals surface area contributed by atoms with Crippen LogP contribution < -0.4 is 19.9 Å². The minimum atomic E-state index is -1.39. The number of nitrogens with one attached hydrogen (secondary N) is 1. The first-order valence-corrected chi connectivity index (χ1v) is 15.7. The zero-order chi connectivity index (χ0) is 32.7. The van der Waals surface area contributed by atoms with Crippen molar-refractivity contribution < 1.29 is 23.9 Å². The van der Waals surface area contributed by atoms with Crippen LogP contribution in [-0.2, 0) is 10.3 Å². The van der Waals surface area contributed by atoms with Gasteiger partial charge in [-0.1, -0.05) is 54.6 Å². The van der Waals surface area contributed by atoms with Crippen LogP contribution in [0, 0.1) is 0 Å². The molecule has 0 aromatic heterocycles. The second-order valence-electron chi connectivity index (χ2n) is 11.5. The van der Waals surface area contributed by atoms with Gasteiger partial charge in [0.25, 0.3) is 0 Å². The molecule has 8 nitrogen and oxygen atoms in total. The highest BCUT2D eigenvalue weighted by atomic mass is 16.6. The maximum Gasteiger partial charge on any atom is 0.340 e. The van der Waals surface area contributed by atoms with Gasteiger partial charge in [-0.25, -0.2) is 9.59 Å². The Morgan fingerprint density at radius 2 is 1.38 bits per heavy atom. The summed E-state index contributed by atoms with van der Waals surface area (Å²) in [7, 11) is 0. The van der Waals surface area contributed by atoms with E-state index in [0.29, 0.717) is 50.8 Å². The molecule has 1 unspecified atom stereocenters. The first kappa shape index (κ1) is 29.8. The number of anilines is 4. The molecule has 234 valence electrons. The van der Waals surface area contributed by atoms with Gasteiger partial charge in [-0.15, -0.1) is 0 Å². The van der Waals surface area contributed by atoms with E-state index in [1.807, 2.05) is 66.7 Å². The fraction of sp³-hybridized carbons (Fsp3) is 0.154. The summed E-state index contributed by atoms with van der Waals surface area (Å²) in [5, 5.41) is 2.97. The molecule has 0 bridgehead atoms. The summed E-state index contributed by atoms with van der Waals surface area (Å²) in [4.78, 5) is 44.8. The maximum atomic E-state index is 14.2. The van der Waals surface area contributed by atoms with Crippen LogP contribution in [0.4, 0.5) is 27.5 Å². The van der Waals surface area contributed by atoms with Crippen molar-refractivity contribution in [2.24, 2.45) is 0 Å². The first-order valence-electron chi connectivity index (χ1n) is 15.7. The predicted molar refractivity (Wildman–Crippen MR) is 182 cm³/mol. The Hall–Kier alpha value is -5.89. The molecular formula is C39H33N3O5. The van der Waals surface area contributed by atoms with E-state index in [-0.39, 0.29) is 11.3 Å². The summed E-state index contributed by atoms with van der Waals surface area (Å²) in [6, 6.07) is 34.4. The average Bonchev–Trinajstić information content (AvgIpc) is 3.38. The van der Waals surface area contributed by atoms with Crippen LogP contribution in [0.25, 0.3) is 0 Å². The fourth-order valence-corrected chi connectivity index (χ4v) is 6.59. The quantitative estimate of drug-likeness (QED) is 0.144. The third kappa shape index (κ3) is 4.89. The van der Waals surface area contributed by atoms with Gasteiger partial charge in [0, 0.05) is 52.8 Å². The number of amides is 2. The topological polar surface area (TPSA) is 88.2 Å². The van der Waals surface area contributed by atoms with Crippen LogP contribution in [0.5, 0.6) is 11.5 Å². The third-order valence-corrected chi connectivity index (χ3v) is 8.80. The van der Waals surface area contributed by atoms with Crippen molar-refractivity contribution in [3.63, 3.8) is 0 Å². The molecule has 1 spiro atoms. The average molecular weight is 624 g/mol. The molecule has 2 aliphatic rings. The summed E-state index contributed by atoms with van der Waals surface area (Å²) in [6.45, 7) is 7.23. The van der Waals surface area contributed by atoms with Gasteiger partial charge >= 0.3 is 12.0 Å². The number of urea groups is 1. The second-order valence-corrected chi connectivity index (χ2v) is 11.5. The van der Waals surface area contributed by atoms with Crippen molar-refractivity contribution in [3.05, 3.63) is 143 Å². The van der Waals surface area contributed by atoms with Crippen molar-refractivity contribution in [1.29, 1.82) is 0 Å². The molecule has 5 aromatic carbocycles. The zero-order valence-corrected chi connectivity index (χ0v) is 26.3. The molecule has 47 heavy (non-hydrogen) atoms. The maximum absolute atomic E-state index is 14.2. The molecule has 0 fully saturated rings. The molecule has 0 radical (unpaired) electrons. The number of rotatable bonds is 7. The minimum absolute atomic E-state index is 0.264. The minimum Gasteiger partial charge on any atom is -0.456 e. The van der Waals surface area contributed by atoms with Crippen LogP contribution in [0.3, 0.4) is 0 Å². The highest BCUT2D eigenvalue weighted by Crippen LogP contribution is 2.58. The van der Waals surface area contributed by atoms with E-state index in [0.717, 1.165) is 18.8 Å². The standard InChI is InChI=1S/C39H33N3O5/c1-4-41(5-2)28-20-21-32-35(22-28)46-36-23-30(25(3)43)34(24-33(36)39(32)31-19-13-12-18-29(31)37(44)47-39)42(27-16-10-7-11-17-27)38(45)40-26-14-8-6-9-15-26/h6-24H,4-5H2,1-3H3,(H,40,45). The number of fused-ring (bicyclic) bond motifs is 6. The van der Waals surface area contributed by atoms with E-state index in [4.69, 9.17) is 9.47 Å². The number of carbonyl (C=O) groups excluding carboxylic acids is 3. The van der Waals surface area contributed by atoms with Crippen LogP contribution in [0.1, 0.15) is 58.2 Å². The molecule has 2 amide bonds. The van der Waals surface area contributed by atoms with E-state index in [1.54, 1.807) is 48.5 Å². The Kier molecular flexibility index (Phi) is 7.48. The number of nitrogens with zero attached hydrogens (tertiary/aromatic N) is 2. The lowest BCUT2D eigenvalue weighted by atomic mass is 9.77. The molecule has 7 rings (SSSR count). The van der Waals surface area contributed by atoms with Gasteiger partial charge in [-0.3, -0.25) is 9.69 Å². The lowest BCUT2D eigenvalue weighted by molar-refractivity contribution is 0.0224. The van der Waals surface area contributed by atoms with Crippen LogP contribution in [0.2, 0.25) is 0 Å². The van der Waals surface area contributed by atoms with Gasteiger partial charge in [0.05, 0.1) is 16.9 Å². The molecular weight excluding hydrogens is 590 g/mol. The van der Waals surface area contributed by atoms with Gasteiger partial charge in [0.15, 0.2) is 11.4 Å². The van der Waals surface area contributed by atoms with Gasteiger partial charge in [-0.05, 0) is 75.4 Å². The number of hydrogen-bond acceptors (Lipinski definition) is 6. The number of para-hydroxylation sites is 2. The molecule has 2 heterocycles. The number of carbonyl (C=O) groups is 3. The van der Waals surface area contributed by atoms with Gasteiger partial charge < -0.3 is 19.7 Å². The molecule has 0 saturated carbocycles. The van der Waals surface area contributed by atoms with Crippen molar-refractivity contribution in [2.75, 3.05) is 28.2 Å². The van der Waals surface area contributed by atoms with E-state index in [2.05, 4.69) is 24.1 Å². The summed E-state index contributed by atoms with van der Waals surface area (Å²) < 4.78 is 13.0. The number of hydrogen-bond donors (Lipinski definition) is 1. The predicted octanol–water partition coefficient (Wildman–Crippen LogP) is 8.67. The SMILES string of the molecule is CCN(CC)c1ccc2c(c1)Oc1cc(C(C)=O)c(N(C(=O)Nc3ccccc3)c3ccccc3)cc1C21OC(=O)c2ccccc21. The molecule has 0 saturated heterocycles. The highest BCUT2D eigenvalue weighted by Gasteiger charge is 2.54. The molecule has 0 aliphatic carbocycles. The van der Waals surface area contributed by atoms with E-state index < -0.39 is 17.6 Å². The smallest absolute Gasteiger partial charge is 0.340 e. The summed E-state index contributed by atoms with van der Waals surface area (Å²) in [5.74, 6) is 0.158. The number of Topliss-reactive ketones (excluding diaryl/α,β-unsaturated/α-hetero) is 1. The largest absolute Gasteiger partial charge is 0.456 e. The van der Waals surface area contributed by atoms with Crippen LogP contribution in [0.15, 0.2) is 115 Å². The summed E-state index contributed by atoms with van der Waals surface area (Å²) in [6.07, 6.45) is 0. The van der Waals surface area contributed by atoms with Gasteiger partial charge in [0.1, 0.15) is 11.5 Å². The van der Waals surface area contributed by atoms with Gasteiger partial charge in [-0.2, -0.15) is 0 Å². The third-order valence-electron chi connectivity index (χ3n) is 8.80. The molecule has 2 aliphatic heterocycles. The van der Waals surface area contributed by atoms with E-state index in [9.17, 15) is 14.4 Å².